The lowest BCUT2D eigenvalue weighted by Crippen LogP contribution is -2.50. The lowest BCUT2D eigenvalue weighted by Gasteiger charge is -2.40. The summed E-state index contributed by atoms with van der Waals surface area (Å²) in [5, 5.41) is 11.8. The van der Waals surface area contributed by atoms with Crippen molar-refractivity contribution in [3.63, 3.8) is 0 Å². The number of hydrogen-bond acceptors (Lipinski definition) is 8. The van der Waals surface area contributed by atoms with Crippen molar-refractivity contribution in [2.45, 2.75) is 25.8 Å². The number of H-pyrrole nitrogens is 1. The molecule has 1 fully saturated rings. The van der Waals surface area contributed by atoms with E-state index in [-0.39, 0.29) is 28.7 Å². The minimum Gasteiger partial charge on any atom is -0.367 e. The Hall–Kier alpha value is -4.70. The van der Waals surface area contributed by atoms with Crippen molar-refractivity contribution >= 4 is 28.7 Å². The van der Waals surface area contributed by atoms with Gasteiger partial charge in [-0.2, -0.15) is 5.26 Å². The van der Waals surface area contributed by atoms with Crippen molar-refractivity contribution in [2.75, 3.05) is 54.9 Å². The topological polar surface area (TPSA) is 121 Å². The van der Waals surface area contributed by atoms with Crippen molar-refractivity contribution in [3.05, 3.63) is 81.4 Å². The summed E-state index contributed by atoms with van der Waals surface area (Å²) in [5.74, 6) is -0.677. The molecular formula is C29H29F3N8O2. The fourth-order valence-corrected chi connectivity index (χ4v) is 5.19. The van der Waals surface area contributed by atoms with Gasteiger partial charge in [0.15, 0.2) is 0 Å². The lowest BCUT2D eigenvalue weighted by molar-refractivity contribution is 0.101. The normalized spacial score (nSPS) is 17.6. The number of nitrogens with zero attached hydrogens (tertiary/aromatic N) is 6. The molecule has 2 aliphatic rings. The van der Waals surface area contributed by atoms with E-state index >= 15 is 4.39 Å². The number of likely N-dealkylation sites (N-methyl/N-ethyl adjacent to an activating group) is 1. The zero-order chi connectivity index (χ0) is 30.0. The number of halogens is 3. The van der Waals surface area contributed by atoms with Crippen LogP contribution in [0.15, 0.2) is 47.5 Å². The van der Waals surface area contributed by atoms with Gasteiger partial charge in [-0.3, -0.25) is 9.59 Å². The van der Waals surface area contributed by atoms with Crippen LogP contribution >= 0.6 is 0 Å². The maximum atomic E-state index is 15.7. The maximum absolute atomic E-state index is 15.7. The third-order valence-electron chi connectivity index (χ3n) is 7.69. The Morgan fingerprint density at radius 3 is 2.71 bits per heavy atom. The molecular weight excluding hydrogens is 549 g/mol. The zero-order valence-electron chi connectivity index (χ0n) is 23.1. The van der Waals surface area contributed by atoms with Gasteiger partial charge in [-0.15, -0.1) is 0 Å². The number of aromatic nitrogens is 3. The van der Waals surface area contributed by atoms with E-state index in [0.717, 1.165) is 6.20 Å². The molecule has 10 nitrogen and oxygen atoms in total. The summed E-state index contributed by atoms with van der Waals surface area (Å²) in [6.07, 6.45) is 1.75. The highest BCUT2D eigenvalue weighted by Gasteiger charge is 2.27. The Morgan fingerprint density at radius 2 is 2.02 bits per heavy atom. The standard InChI is InChI=1S/C29H29F3N8O2/c1-17-16-40(10-9-38(17)2)24-13-22(30)19(18-4-7-39(8-5-18)26-3-6-34-25(14-33)37-26)11-23(24)36-29(42)21-15-35-27(41)12-20(21)28(31)32/h3-4,6,11-13,15,17,28H,5,7-10,16H2,1-2H3,(H,35,41)(H,36,42). The molecule has 2 aromatic heterocycles. The number of nitriles is 1. The highest BCUT2D eigenvalue weighted by molar-refractivity contribution is 6.07. The third kappa shape index (κ3) is 5.99. The van der Waals surface area contributed by atoms with Crippen molar-refractivity contribution in [1.29, 1.82) is 5.26 Å². The van der Waals surface area contributed by atoms with Gasteiger partial charge in [0.2, 0.25) is 11.4 Å². The van der Waals surface area contributed by atoms with Gasteiger partial charge < -0.3 is 25.0 Å². The summed E-state index contributed by atoms with van der Waals surface area (Å²) < 4.78 is 43.1. The van der Waals surface area contributed by atoms with Crippen LogP contribution in [0.2, 0.25) is 0 Å². The van der Waals surface area contributed by atoms with Gasteiger partial charge in [-0.25, -0.2) is 23.1 Å². The molecule has 2 aliphatic heterocycles. The van der Waals surface area contributed by atoms with Crippen LogP contribution in [0.1, 0.15) is 47.1 Å². The van der Waals surface area contributed by atoms with E-state index in [4.69, 9.17) is 5.26 Å². The van der Waals surface area contributed by atoms with Crippen LogP contribution in [0.3, 0.4) is 0 Å². The maximum Gasteiger partial charge on any atom is 0.264 e. The molecule has 0 saturated carbocycles. The first-order valence-electron chi connectivity index (χ1n) is 13.4. The number of piperazine rings is 1. The molecule has 3 aromatic rings. The SMILES string of the molecule is CC1CN(c2cc(F)c(C3=CCN(c4ccnc(C#N)n4)CC3)cc2NC(=O)c2c[nH]c(=O)cc2C(F)F)CCN1C. The molecule has 42 heavy (non-hydrogen) atoms. The molecule has 1 unspecified atom stereocenters. The summed E-state index contributed by atoms with van der Waals surface area (Å²) in [5.41, 5.74) is -0.0960. The molecule has 1 atom stereocenters. The van der Waals surface area contributed by atoms with Crippen molar-refractivity contribution in [3.8, 4) is 6.07 Å². The molecule has 0 radical (unpaired) electrons. The van der Waals surface area contributed by atoms with Crippen LogP contribution in [0.5, 0.6) is 0 Å². The Morgan fingerprint density at radius 1 is 1.21 bits per heavy atom. The van der Waals surface area contributed by atoms with E-state index in [1.54, 1.807) is 12.1 Å². The van der Waals surface area contributed by atoms with Crippen LogP contribution in [0, 0.1) is 17.1 Å². The van der Waals surface area contributed by atoms with Crippen molar-refractivity contribution in [2.24, 2.45) is 0 Å². The summed E-state index contributed by atoms with van der Waals surface area (Å²) in [6, 6.07) is 7.39. The summed E-state index contributed by atoms with van der Waals surface area (Å²) in [4.78, 5) is 41.4. The van der Waals surface area contributed by atoms with Crippen molar-refractivity contribution < 1.29 is 18.0 Å². The number of aromatic amines is 1. The third-order valence-corrected chi connectivity index (χ3v) is 7.69. The first-order valence-corrected chi connectivity index (χ1v) is 13.4. The van der Waals surface area contributed by atoms with Gasteiger partial charge >= 0.3 is 0 Å². The van der Waals surface area contributed by atoms with Crippen LogP contribution in [-0.2, 0) is 0 Å². The van der Waals surface area contributed by atoms with Crippen molar-refractivity contribution in [1.82, 2.24) is 19.9 Å². The minimum atomic E-state index is -3.04. The second kappa shape index (κ2) is 12.0. The molecule has 5 rings (SSSR count). The average Bonchev–Trinajstić information content (AvgIpc) is 2.99. The number of nitrogens with one attached hydrogen (secondary N) is 2. The number of hydrogen-bond donors (Lipinski definition) is 2. The predicted molar refractivity (Wildman–Crippen MR) is 152 cm³/mol. The molecule has 13 heteroatoms. The van der Waals surface area contributed by atoms with E-state index in [2.05, 4.69) is 25.2 Å². The van der Waals surface area contributed by atoms with Crippen LogP contribution in [-0.4, -0.2) is 71.6 Å². The smallest absolute Gasteiger partial charge is 0.264 e. The number of carbonyl (C=O) groups is 1. The molecule has 2 N–H and O–H groups in total. The highest BCUT2D eigenvalue weighted by Crippen LogP contribution is 2.36. The Bertz CT molecular complexity index is 1630. The molecule has 218 valence electrons. The predicted octanol–water partition coefficient (Wildman–Crippen LogP) is 3.80. The minimum absolute atomic E-state index is 0.0556. The Kier molecular flexibility index (Phi) is 8.26. The first kappa shape index (κ1) is 28.8. The van der Waals surface area contributed by atoms with E-state index in [1.165, 1.54) is 12.3 Å². The second-order valence-electron chi connectivity index (χ2n) is 10.3. The summed E-state index contributed by atoms with van der Waals surface area (Å²) >= 11 is 0. The van der Waals surface area contributed by atoms with Gasteiger partial charge in [-0.1, -0.05) is 6.08 Å². The molecule has 0 aliphatic carbocycles. The second-order valence-corrected chi connectivity index (χ2v) is 10.3. The number of anilines is 3. The Balaban J connectivity index is 1.49. The number of rotatable bonds is 6. The van der Waals surface area contributed by atoms with Gasteiger partial charge in [0.25, 0.3) is 12.3 Å². The van der Waals surface area contributed by atoms with Gasteiger partial charge in [-0.05, 0) is 44.2 Å². The van der Waals surface area contributed by atoms with Gasteiger partial charge in [0.05, 0.1) is 16.9 Å². The van der Waals surface area contributed by atoms with E-state index in [0.29, 0.717) is 62.3 Å². The average molecular weight is 579 g/mol. The van der Waals surface area contributed by atoms with E-state index in [1.807, 2.05) is 35.9 Å². The fraction of sp³-hybridized carbons (Fsp3) is 0.345. The molecule has 0 spiro atoms. The molecule has 1 saturated heterocycles. The number of amides is 1. The Labute approximate surface area is 240 Å². The van der Waals surface area contributed by atoms with Crippen LogP contribution in [0.25, 0.3) is 5.57 Å². The zero-order valence-corrected chi connectivity index (χ0v) is 23.1. The lowest BCUT2D eigenvalue weighted by atomic mass is 9.97. The molecule has 1 amide bonds. The highest BCUT2D eigenvalue weighted by atomic mass is 19.3. The molecule has 0 bridgehead atoms. The monoisotopic (exact) mass is 578 g/mol. The first-order chi connectivity index (χ1) is 20.1. The number of alkyl halides is 2. The van der Waals surface area contributed by atoms with Crippen LogP contribution < -0.4 is 20.7 Å². The molecule has 4 heterocycles. The van der Waals surface area contributed by atoms with Gasteiger partial charge in [0, 0.05) is 68.4 Å². The number of benzene rings is 1. The number of pyridine rings is 1. The summed E-state index contributed by atoms with van der Waals surface area (Å²) in [7, 11) is 2.00. The number of carbonyl (C=O) groups excluding carboxylic acids is 1. The summed E-state index contributed by atoms with van der Waals surface area (Å²) in [6.45, 7) is 4.81. The van der Waals surface area contributed by atoms with Crippen LogP contribution in [0.4, 0.5) is 30.4 Å². The largest absolute Gasteiger partial charge is 0.367 e. The van der Waals surface area contributed by atoms with E-state index in [9.17, 15) is 18.4 Å². The van der Waals surface area contributed by atoms with Gasteiger partial charge in [0.1, 0.15) is 17.7 Å². The quantitative estimate of drug-likeness (QED) is 0.453. The fourth-order valence-electron chi connectivity index (χ4n) is 5.19. The molecule has 1 aromatic carbocycles. The van der Waals surface area contributed by atoms with E-state index < -0.39 is 29.3 Å².